The van der Waals surface area contributed by atoms with Crippen molar-refractivity contribution in [2.45, 2.75) is 34.6 Å². The minimum Gasteiger partial charge on any atom is -0.313 e. The highest BCUT2D eigenvalue weighted by Gasteiger charge is 2.27. The zero-order valence-electron chi connectivity index (χ0n) is 78.5. The van der Waals surface area contributed by atoms with Crippen LogP contribution in [0.3, 0.4) is 0 Å². The predicted molar refractivity (Wildman–Crippen MR) is 581 cm³/mol. The van der Waals surface area contributed by atoms with E-state index in [1.807, 2.05) is 122 Å². The SMILES string of the molecule is C#Cc1cncc2c(-c3cc(C)cc(C)c3)nc(-n3c(C=C)c(C)c4ccccc43)nc12.Cc1ccccc1N(C)c1ncc2c(-n3c4ccccc4c4ccccc43)ncc(C)c2n1.c1ccc(-c2cncc3c(-n4c5ccccc5c5ccccc54)nc(-n4c5ccccc5c5ccccc54)nc23)cc1.c1ccc(-c2nc(-n3c4ccccc4c4ccccc43)nc3c(-c4ccccc4)cncc23)cc1. The number of rotatable bonds is 12. The number of aryl methyl sites for hydroxylation is 5. The number of aromatic nitrogens is 17. The molecule has 0 aliphatic heterocycles. The number of anilines is 2. The van der Waals surface area contributed by atoms with E-state index in [4.69, 9.17) is 56.3 Å². The maximum absolute atomic E-state index is 5.82. The lowest BCUT2D eigenvalue weighted by atomic mass is 10.0. The molecule has 0 atom stereocenters. The van der Waals surface area contributed by atoms with Crippen LogP contribution in [0.25, 0.3) is 222 Å². The van der Waals surface area contributed by atoms with E-state index in [0.717, 1.165) is 172 Å². The Labute approximate surface area is 817 Å². The van der Waals surface area contributed by atoms with Crippen LogP contribution in [-0.2, 0) is 0 Å². The molecule has 0 N–H and O–H groups in total. The van der Waals surface area contributed by atoms with Crippen molar-refractivity contribution in [2.75, 3.05) is 11.9 Å². The summed E-state index contributed by atoms with van der Waals surface area (Å²) < 4.78 is 10.9. The van der Waals surface area contributed by atoms with Gasteiger partial charge in [0.1, 0.15) is 5.82 Å². The summed E-state index contributed by atoms with van der Waals surface area (Å²) in [4.78, 5) is 61.4. The fourth-order valence-electron chi connectivity index (χ4n) is 20.4. The molecule has 18 nitrogen and oxygen atoms in total. The Bertz CT molecular complexity index is 9540. The van der Waals surface area contributed by atoms with E-state index in [2.05, 4.69) is 365 Å². The lowest BCUT2D eigenvalue weighted by Gasteiger charge is -2.20. The molecule has 0 fully saturated rings. The second-order valence-corrected chi connectivity index (χ2v) is 35.5. The van der Waals surface area contributed by atoms with Gasteiger partial charge in [0.2, 0.25) is 23.8 Å². The van der Waals surface area contributed by atoms with Gasteiger partial charge in [-0.15, -0.1) is 6.42 Å². The maximum atomic E-state index is 5.82. The molecule has 674 valence electrons. The molecule has 13 aromatic heterocycles. The molecular formula is C124H88N18. The Morgan fingerprint density at radius 2 is 0.641 bits per heavy atom. The van der Waals surface area contributed by atoms with Crippen LogP contribution in [0.5, 0.6) is 0 Å². The monoisotopic (exact) mass is 1830 g/mol. The van der Waals surface area contributed by atoms with Crippen molar-refractivity contribution >= 4 is 159 Å². The second-order valence-electron chi connectivity index (χ2n) is 35.5. The van der Waals surface area contributed by atoms with Crippen molar-refractivity contribution in [3.05, 3.63) is 447 Å². The van der Waals surface area contributed by atoms with E-state index in [1.165, 1.54) is 59.8 Å². The molecule has 0 bridgehead atoms. The molecule has 13 heterocycles. The molecule has 142 heavy (non-hydrogen) atoms. The summed E-state index contributed by atoms with van der Waals surface area (Å²) in [6.45, 7) is 14.5. The molecule has 0 aliphatic rings. The van der Waals surface area contributed by atoms with Crippen molar-refractivity contribution in [3.8, 4) is 86.6 Å². The Balaban J connectivity index is 0.000000103. The summed E-state index contributed by atoms with van der Waals surface area (Å²) in [6.07, 6.45) is 22.5. The molecule has 0 spiro atoms. The first-order valence-electron chi connectivity index (χ1n) is 47.2. The summed E-state index contributed by atoms with van der Waals surface area (Å²) in [5.74, 6) is 6.89. The summed E-state index contributed by atoms with van der Waals surface area (Å²) in [7, 11) is 2.01. The first-order valence-corrected chi connectivity index (χ1v) is 47.2. The number of fused-ring (bicyclic) bond motifs is 17. The van der Waals surface area contributed by atoms with Gasteiger partial charge in [0.15, 0.2) is 5.82 Å². The van der Waals surface area contributed by atoms with Gasteiger partial charge in [-0.25, -0.2) is 39.9 Å². The lowest BCUT2D eigenvalue weighted by Crippen LogP contribution is -2.14. The fraction of sp³-hybridized carbons (Fsp3) is 0.0484. The van der Waals surface area contributed by atoms with Crippen LogP contribution in [0, 0.1) is 47.0 Å². The highest BCUT2D eigenvalue weighted by Crippen LogP contribution is 2.44. The van der Waals surface area contributed by atoms with Crippen molar-refractivity contribution in [1.29, 1.82) is 0 Å². The van der Waals surface area contributed by atoms with E-state index in [1.54, 1.807) is 12.4 Å². The molecule has 27 aromatic rings. The normalized spacial score (nSPS) is 11.5. The summed E-state index contributed by atoms with van der Waals surface area (Å²) >= 11 is 0. The third kappa shape index (κ3) is 14.8. The predicted octanol–water partition coefficient (Wildman–Crippen LogP) is 29.0. The Morgan fingerprint density at radius 1 is 0.282 bits per heavy atom. The molecule has 0 radical (unpaired) electrons. The Hall–Kier alpha value is -19.1. The largest absolute Gasteiger partial charge is 0.313 e. The minimum atomic E-state index is 0.563. The standard InChI is InChI=1S/C37H23N5.C31H20N4.C28H23N5.C28H22N4/c1-2-12-24(13-3-1)29-22-38-23-30-35(29)39-37(42-33-20-10-6-16-27(33)28-17-7-11-21-34(28)42)40-36(30)41-31-18-8-4-14-25(31)26-15-5-9-19-32(26)41;1-3-11-21(12-4-1)25-19-32-20-26-29(22-13-5-2-6-14-22)33-31(34-30(25)26)35-27-17-9-7-15-23(27)24-16-8-10-18-28(24)35;1-18-10-4-7-13-23(18)32(3)28-30-17-22-26(31-28)19(2)16-29-27(22)33-24-14-8-5-11-20(24)21-12-6-9-15-25(21)33;1-6-20-15-29-16-23-26(20)30-28(31-27(23)21-13-17(3)12-18(4)14-21)32-24(7-2)19(5)22-10-8-9-11-25(22)32/h1-23H;1-20H;4-17H,1-3H3;1,7-16H,2H2,3-5H3. The highest BCUT2D eigenvalue weighted by atomic mass is 15.2. The molecular weight excluding hydrogens is 1740 g/mol. The molecule has 0 saturated heterocycles. The van der Waals surface area contributed by atoms with Gasteiger partial charge in [-0.1, -0.05) is 303 Å². The van der Waals surface area contributed by atoms with E-state index in [0.29, 0.717) is 34.9 Å². The second kappa shape index (κ2) is 35.9. The van der Waals surface area contributed by atoms with Crippen LogP contribution >= 0.6 is 0 Å². The Morgan fingerprint density at radius 3 is 1.11 bits per heavy atom. The van der Waals surface area contributed by atoms with Gasteiger partial charge in [0, 0.05) is 144 Å². The van der Waals surface area contributed by atoms with Crippen LogP contribution in [0.15, 0.2) is 408 Å². The van der Waals surface area contributed by atoms with Crippen LogP contribution in [0.4, 0.5) is 11.6 Å². The number of para-hydroxylation sites is 10. The number of hydrogen-bond acceptors (Lipinski definition) is 13. The van der Waals surface area contributed by atoms with Crippen molar-refractivity contribution in [3.63, 3.8) is 0 Å². The molecule has 0 aliphatic carbocycles. The summed E-state index contributed by atoms with van der Waals surface area (Å²) in [6, 6.07) is 122. The number of benzene rings is 14. The van der Waals surface area contributed by atoms with Crippen molar-refractivity contribution in [2.24, 2.45) is 0 Å². The lowest BCUT2D eigenvalue weighted by molar-refractivity contribution is 0.968. The van der Waals surface area contributed by atoms with Gasteiger partial charge in [-0.05, 0) is 141 Å². The van der Waals surface area contributed by atoms with E-state index in [9.17, 15) is 0 Å². The number of nitrogens with zero attached hydrogens (tertiary/aromatic N) is 18. The topological polar surface area (TPSA) is 183 Å². The first-order chi connectivity index (χ1) is 69.9. The minimum absolute atomic E-state index is 0.563. The van der Waals surface area contributed by atoms with Crippen LogP contribution in [-0.4, -0.2) is 89.7 Å². The summed E-state index contributed by atoms with van der Waals surface area (Å²) in [5.41, 5.74) is 29.4. The number of terminal acetylenes is 1. The molecule has 0 saturated carbocycles. The number of hydrogen-bond donors (Lipinski definition) is 0. The zero-order chi connectivity index (χ0) is 95.7. The third-order valence-electron chi connectivity index (χ3n) is 26.9. The van der Waals surface area contributed by atoms with Gasteiger partial charge in [0.05, 0.1) is 105 Å². The zero-order valence-corrected chi connectivity index (χ0v) is 78.5. The van der Waals surface area contributed by atoms with Crippen LogP contribution < -0.4 is 4.90 Å². The van der Waals surface area contributed by atoms with E-state index < -0.39 is 0 Å². The highest BCUT2D eigenvalue weighted by molar-refractivity contribution is 6.15. The van der Waals surface area contributed by atoms with Crippen molar-refractivity contribution < 1.29 is 0 Å². The third-order valence-corrected chi connectivity index (χ3v) is 26.9. The van der Waals surface area contributed by atoms with Gasteiger partial charge < -0.3 is 4.90 Å². The van der Waals surface area contributed by atoms with E-state index >= 15 is 0 Å². The Kier molecular flexibility index (Phi) is 21.7. The average molecular weight is 1830 g/mol. The first kappa shape index (κ1) is 85.8. The smallest absolute Gasteiger partial charge is 0.237 e. The maximum Gasteiger partial charge on any atom is 0.237 e. The van der Waals surface area contributed by atoms with Gasteiger partial charge in [-0.2, -0.15) is 4.98 Å². The number of pyridine rings is 4. The van der Waals surface area contributed by atoms with Crippen molar-refractivity contribution in [1.82, 2.24) is 82.6 Å². The molecule has 27 rings (SSSR count). The molecule has 0 amide bonds. The van der Waals surface area contributed by atoms with Crippen LogP contribution in [0.2, 0.25) is 0 Å². The molecule has 18 heteroatoms. The quantitative estimate of drug-likeness (QED) is 0.105. The molecule has 0 unspecified atom stereocenters. The summed E-state index contributed by atoms with van der Waals surface area (Å²) in [5, 5.41) is 14.3. The van der Waals surface area contributed by atoms with Gasteiger partial charge in [-0.3, -0.25) is 37.8 Å². The fourth-order valence-corrected chi connectivity index (χ4v) is 20.4. The van der Waals surface area contributed by atoms with Crippen LogP contribution in [0.1, 0.15) is 39.1 Å². The van der Waals surface area contributed by atoms with Gasteiger partial charge >= 0.3 is 0 Å². The van der Waals surface area contributed by atoms with Gasteiger partial charge in [0.25, 0.3) is 0 Å². The molecule has 14 aromatic carbocycles. The van der Waals surface area contributed by atoms with E-state index in [-0.39, 0.29) is 0 Å². The average Bonchev–Trinajstić information content (AvgIpc) is 1.45.